The van der Waals surface area contributed by atoms with Crippen LogP contribution in [-0.4, -0.2) is 32.9 Å². The molecule has 204 valence electrons. The van der Waals surface area contributed by atoms with Crippen LogP contribution < -0.4 is 21.1 Å². The second kappa shape index (κ2) is 11.3. The molecule has 1 heterocycles. The first-order chi connectivity index (χ1) is 19.3. The number of carbonyl (C=O) groups excluding carboxylic acids is 1. The van der Waals surface area contributed by atoms with Gasteiger partial charge in [-0.25, -0.2) is 13.7 Å². The van der Waals surface area contributed by atoms with Crippen molar-refractivity contribution in [2.75, 3.05) is 28.2 Å². The monoisotopic (exact) mass is 553 g/mol. The molecule has 0 aliphatic heterocycles. The maximum absolute atomic E-state index is 13.0. The van der Waals surface area contributed by atoms with Gasteiger partial charge in [0, 0.05) is 45.6 Å². The van der Waals surface area contributed by atoms with Crippen molar-refractivity contribution in [1.29, 1.82) is 5.26 Å². The average molecular weight is 554 g/mol. The Bertz CT molecular complexity index is 1720. The lowest BCUT2D eigenvalue weighted by molar-refractivity contribution is 0.102. The van der Waals surface area contributed by atoms with Crippen LogP contribution in [0.5, 0.6) is 0 Å². The van der Waals surface area contributed by atoms with Gasteiger partial charge in [0.2, 0.25) is 0 Å². The lowest BCUT2D eigenvalue weighted by atomic mass is 9.76. The normalized spacial score (nSPS) is 15.2. The maximum Gasteiger partial charge on any atom is 0.255 e. The molecule has 0 spiro atoms. The lowest BCUT2D eigenvalue weighted by Crippen LogP contribution is -2.48. The molecular weight excluding hydrogens is 522 g/mol. The predicted octanol–water partition coefficient (Wildman–Crippen LogP) is 5.80. The maximum atomic E-state index is 13.0. The Kier molecular flexibility index (Phi) is 7.69. The fourth-order valence-electron chi connectivity index (χ4n) is 4.62. The molecule has 3 aromatic carbocycles. The quantitative estimate of drug-likeness (QED) is 0.206. The summed E-state index contributed by atoms with van der Waals surface area (Å²) < 4.78 is 16.5. The summed E-state index contributed by atoms with van der Waals surface area (Å²) in [6, 6.07) is 24.1. The molecule has 1 aromatic heterocycles. The highest BCUT2D eigenvalue weighted by Crippen LogP contribution is 2.36. The number of nitriles is 1. The van der Waals surface area contributed by atoms with Gasteiger partial charge in [0.25, 0.3) is 5.91 Å². The van der Waals surface area contributed by atoms with E-state index in [0.717, 1.165) is 47.2 Å². The molecule has 1 atom stereocenters. The number of anilines is 4. The van der Waals surface area contributed by atoms with E-state index < -0.39 is 9.92 Å². The summed E-state index contributed by atoms with van der Waals surface area (Å²) in [6.45, 7) is 2.17. The number of rotatable bonds is 9. The Morgan fingerprint density at radius 3 is 2.55 bits per heavy atom. The zero-order chi connectivity index (χ0) is 28.2. The summed E-state index contributed by atoms with van der Waals surface area (Å²) in [5.74, 6) is 0.0988. The zero-order valence-electron chi connectivity index (χ0n) is 22.2. The van der Waals surface area contributed by atoms with E-state index >= 15 is 0 Å². The van der Waals surface area contributed by atoms with E-state index in [4.69, 9.17) is 5.14 Å². The third kappa shape index (κ3) is 6.22. The number of nitrogens with two attached hydrogens (primary N) is 1. The third-order valence-corrected chi connectivity index (χ3v) is 8.53. The van der Waals surface area contributed by atoms with Crippen molar-refractivity contribution in [1.82, 2.24) is 4.98 Å². The van der Waals surface area contributed by atoms with Crippen LogP contribution in [0.15, 0.2) is 83.4 Å². The molecule has 4 aromatic rings. The van der Waals surface area contributed by atoms with E-state index in [2.05, 4.69) is 31.4 Å². The van der Waals surface area contributed by atoms with Gasteiger partial charge in [-0.3, -0.25) is 9.78 Å². The molecule has 1 unspecified atom stereocenters. The summed E-state index contributed by atoms with van der Waals surface area (Å²) in [5, 5.41) is 25.7. The minimum atomic E-state index is -2.65. The van der Waals surface area contributed by atoms with E-state index in [1.807, 2.05) is 48.5 Å². The first-order valence-corrected chi connectivity index (χ1v) is 14.9. The molecule has 1 saturated carbocycles. The van der Waals surface area contributed by atoms with Gasteiger partial charge < -0.3 is 16.0 Å². The Balaban J connectivity index is 1.25. The zero-order valence-corrected chi connectivity index (χ0v) is 23.0. The van der Waals surface area contributed by atoms with E-state index in [-0.39, 0.29) is 11.4 Å². The van der Waals surface area contributed by atoms with Gasteiger partial charge in [0.15, 0.2) is 0 Å². The minimum absolute atomic E-state index is 0.226. The van der Waals surface area contributed by atoms with Crippen LogP contribution in [0.2, 0.25) is 0 Å². The molecule has 5 rings (SSSR count). The highest BCUT2D eigenvalue weighted by Gasteiger charge is 2.37. The van der Waals surface area contributed by atoms with Crippen molar-refractivity contribution in [3.8, 4) is 6.07 Å². The van der Waals surface area contributed by atoms with Crippen LogP contribution in [0.3, 0.4) is 0 Å². The van der Waals surface area contributed by atoms with E-state index in [0.29, 0.717) is 29.1 Å². The van der Waals surface area contributed by atoms with Crippen molar-refractivity contribution in [3.63, 3.8) is 0 Å². The number of pyridine rings is 1. The van der Waals surface area contributed by atoms with Gasteiger partial charge in [-0.15, -0.1) is 0 Å². The SMILES string of the molecule is CCS(N)(=O)=NCC1(Nc2cccc(NC(=O)c3ccc(Nc4ccnc5ccc(C#N)cc45)cc3)c2)CCC1. The van der Waals surface area contributed by atoms with Crippen LogP contribution in [0.1, 0.15) is 42.1 Å². The average Bonchev–Trinajstić information content (AvgIpc) is 2.95. The van der Waals surface area contributed by atoms with Gasteiger partial charge in [0.1, 0.15) is 9.92 Å². The number of benzene rings is 3. The summed E-state index contributed by atoms with van der Waals surface area (Å²) >= 11 is 0. The highest BCUT2D eigenvalue weighted by molar-refractivity contribution is 7.91. The molecular formula is C30H31N7O2S. The number of amides is 1. The summed E-state index contributed by atoms with van der Waals surface area (Å²) in [6.07, 6.45) is 4.62. The van der Waals surface area contributed by atoms with Crippen LogP contribution >= 0.6 is 0 Å². The molecule has 5 N–H and O–H groups in total. The first-order valence-electron chi connectivity index (χ1n) is 13.1. The number of nitrogens with zero attached hydrogens (tertiary/aromatic N) is 3. The van der Waals surface area contributed by atoms with Crippen molar-refractivity contribution in [2.45, 2.75) is 31.7 Å². The molecule has 10 heteroatoms. The van der Waals surface area contributed by atoms with Gasteiger partial charge >= 0.3 is 0 Å². The predicted molar refractivity (Wildman–Crippen MR) is 161 cm³/mol. The smallest absolute Gasteiger partial charge is 0.255 e. The number of hydrogen-bond donors (Lipinski definition) is 4. The summed E-state index contributed by atoms with van der Waals surface area (Å²) in [5.41, 5.74) is 4.75. The van der Waals surface area contributed by atoms with Gasteiger partial charge in [-0.05, 0) is 86.0 Å². The topological polar surface area (TPSA) is 145 Å². The molecule has 40 heavy (non-hydrogen) atoms. The second-order valence-corrected chi connectivity index (χ2v) is 12.2. The van der Waals surface area contributed by atoms with Crippen LogP contribution in [0.25, 0.3) is 10.9 Å². The van der Waals surface area contributed by atoms with E-state index in [1.54, 1.807) is 37.4 Å². The highest BCUT2D eigenvalue weighted by atomic mass is 32.2. The van der Waals surface area contributed by atoms with Crippen molar-refractivity contribution in [2.24, 2.45) is 9.50 Å². The Hall–Kier alpha value is -4.46. The first kappa shape index (κ1) is 27.1. The van der Waals surface area contributed by atoms with Crippen LogP contribution in [0, 0.1) is 11.3 Å². The van der Waals surface area contributed by atoms with Crippen LogP contribution in [0.4, 0.5) is 22.7 Å². The second-order valence-electron chi connectivity index (χ2n) is 9.96. The summed E-state index contributed by atoms with van der Waals surface area (Å²) in [7, 11) is -2.65. The molecule has 9 nitrogen and oxygen atoms in total. The number of carbonyl (C=O) groups is 1. The van der Waals surface area contributed by atoms with E-state index in [1.165, 1.54) is 0 Å². The molecule has 1 amide bonds. The number of fused-ring (bicyclic) bond motifs is 1. The lowest BCUT2D eigenvalue weighted by Gasteiger charge is -2.42. The van der Waals surface area contributed by atoms with Gasteiger partial charge in [-0.2, -0.15) is 5.26 Å². The van der Waals surface area contributed by atoms with Crippen LogP contribution in [-0.2, 0) is 9.92 Å². The molecule has 0 bridgehead atoms. The Morgan fingerprint density at radius 1 is 1.07 bits per heavy atom. The number of aromatic nitrogens is 1. The molecule has 0 saturated heterocycles. The van der Waals surface area contributed by atoms with Crippen molar-refractivity contribution in [3.05, 3.63) is 90.1 Å². The van der Waals surface area contributed by atoms with Gasteiger partial charge in [-0.1, -0.05) is 13.0 Å². The largest absolute Gasteiger partial charge is 0.378 e. The van der Waals surface area contributed by atoms with Gasteiger partial charge in [0.05, 0.1) is 29.2 Å². The molecule has 1 aliphatic rings. The Labute approximate surface area is 234 Å². The number of nitrogens with one attached hydrogen (secondary N) is 3. The minimum Gasteiger partial charge on any atom is -0.378 e. The molecule has 0 radical (unpaired) electrons. The van der Waals surface area contributed by atoms with E-state index in [9.17, 15) is 14.3 Å². The Morgan fingerprint density at radius 2 is 1.85 bits per heavy atom. The third-order valence-electron chi connectivity index (χ3n) is 7.14. The molecule has 1 aliphatic carbocycles. The number of hydrogen-bond acceptors (Lipinski definition) is 7. The van der Waals surface area contributed by atoms with Crippen molar-refractivity contribution >= 4 is 49.5 Å². The molecule has 1 fully saturated rings. The summed E-state index contributed by atoms with van der Waals surface area (Å²) in [4.78, 5) is 17.4. The fourth-order valence-corrected chi connectivity index (χ4v) is 5.27. The van der Waals surface area contributed by atoms with Crippen molar-refractivity contribution < 1.29 is 9.00 Å². The standard InChI is InChI=1S/C30H31N7O2S/c1-2-40(32,39)34-20-30(14-4-15-30)37-25-6-3-5-24(18-25)36-29(38)22-8-10-23(11-9-22)35-28-13-16-33-27-12-7-21(19-31)17-26(27)28/h3,5-13,16-18,37H,2,4,14-15,20H2,1H3,(H,33,35)(H,36,38)(H2,32,34,39). The fraction of sp³-hybridized carbons (Fsp3) is 0.233.